The van der Waals surface area contributed by atoms with Crippen LogP contribution in [0.15, 0.2) is 30.3 Å². The highest BCUT2D eigenvalue weighted by atomic mass is 16.5. The zero-order chi connectivity index (χ0) is 20.2. The summed E-state index contributed by atoms with van der Waals surface area (Å²) in [6.07, 6.45) is 17.6. The largest absolute Gasteiger partial charge is 0.369 e. The first-order valence-corrected chi connectivity index (χ1v) is 13.0. The van der Waals surface area contributed by atoms with E-state index in [1.165, 1.54) is 69.8 Å². The van der Waals surface area contributed by atoms with Crippen molar-refractivity contribution in [2.24, 2.45) is 34.5 Å². The smallest absolute Gasteiger partial charge is 0.0991 e. The Hall–Kier alpha value is -0.860. The van der Waals surface area contributed by atoms with E-state index in [9.17, 15) is 0 Å². The van der Waals surface area contributed by atoms with Gasteiger partial charge in [0.25, 0.3) is 0 Å². The van der Waals surface area contributed by atoms with E-state index in [1.54, 1.807) is 12.8 Å². The normalized spacial score (nSPS) is 45.8. The van der Waals surface area contributed by atoms with Gasteiger partial charge in [-0.1, -0.05) is 49.6 Å². The summed E-state index contributed by atoms with van der Waals surface area (Å²) in [6.45, 7) is 2.02. The first kappa shape index (κ1) is 19.8. The van der Waals surface area contributed by atoms with Crippen molar-refractivity contribution in [1.82, 2.24) is 5.32 Å². The summed E-state index contributed by atoms with van der Waals surface area (Å²) >= 11 is 0. The topological polar surface area (TPSA) is 21.3 Å². The molecule has 2 nitrogen and oxygen atoms in total. The molecule has 1 aromatic carbocycles. The Morgan fingerprint density at radius 2 is 1.67 bits per heavy atom. The maximum Gasteiger partial charge on any atom is 0.0991 e. The fraction of sp³-hybridized carbons (Fsp3) is 0.786. The second-order valence-electron chi connectivity index (χ2n) is 12.1. The Morgan fingerprint density at radius 3 is 2.37 bits per heavy atom. The van der Waals surface area contributed by atoms with E-state index in [4.69, 9.17) is 4.74 Å². The second-order valence-corrected chi connectivity index (χ2v) is 12.1. The van der Waals surface area contributed by atoms with Crippen LogP contribution < -0.4 is 5.32 Å². The van der Waals surface area contributed by atoms with Crippen molar-refractivity contribution in [2.75, 3.05) is 20.2 Å². The molecule has 4 bridgehead atoms. The van der Waals surface area contributed by atoms with Gasteiger partial charge in [-0.25, -0.2) is 0 Å². The first-order valence-electron chi connectivity index (χ1n) is 13.0. The standard InChI is InChI=1S/C28H41NO/c1-29-18-23-17-28(30-19-23,25-10-6-3-7-11-25)27-15-21-12-22(16-27)14-26(13-21,20-27)24-8-4-2-5-9-24/h3,6-7,10-11,21-24,29H,2,4-5,8-9,12-20H2,1H3. The third-order valence-electron chi connectivity index (χ3n) is 10.3. The van der Waals surface area contributed by atoms with Crippen LogP contribution in [0.4, 0.5) is 0 Å². The Kier molecular flexibility index (Phi) is 4.84. The van der Waals surface area contributed by atoms with Crippen LogP contribution in [0.25, 0.3) is 0 Å². The van der Waals surface area contributed by atoms with E-state index in [0.29, 0.717) is 16.7 Å². The molecule has 4 unspecified atom stereocenters. The highest BCUT2D eigenvalue weighted by molar-refractivity contribution is 5.30. The van der Waals surface area contributed by atoms with Crippen molar-refractivity contribution in [2.45, 2.75) is 82.7 Å². The van der Waals surface area contributed by atoms with E-state index in [-0.39, 0.29) is 5.60 Å². The molecule has 5 aliphatic carbocycles. The van der Waals surface area contributed by atoms with Crippen LogP contribution in [0.2, 0.25) is 0 Å². The molecule has 164 valence electrons. The van der Waals surface area contributed by atoms with Gasteiger partial charge in [-0.05, 0) is 106 Å². The molecule has 1 N–H and O–H groups in total. The summed E-state index contributed by atoms with van der Waals surface area (Å²) < 4.78 is 7.07. The van der Waals surface area contributed by atoms with Gasteiger partial charge in [0.2, 0.25) is 0 Å². The SMILES string of the molecule is CNCC1COC(c2ccccc2)(C23CC4CC(CC(C5CCCCC5)(C4)C2)C3)C1. The van der Waals surface area contributed by atoms with Crippen LogP contribution in [-0.4, -0.2) is 20.2 Å². The molecule has 6 fully saturated rings. The van der Waals surface area contributed by atoms with Gasteiger partial charge in [0, 0.05) is 5.41 Å². The molecule has 4 atom stereocenters. The van der Waals surface area contributed by atoms with Gasteiger partial charge in [0.1, 0.15) is 0 Å². The molecule has 30 heavy (non-hydrogen) atoms. The van der Waals surface area contributed by atoms with Gasteiger partial charge >= 0.3 is 0 Å². The minimum atomic E-state index is -0.0482. The zero-order valence-electron chi connectivity index (χ0n) is 19.0. The number of hydrogen-bond acceptors (Lipinski definition) is 2. The van der Waals surface area contributed by atoms with Crippen molar-refractivity contribution in [3.05, 3.63) is 35.9 Å². The van der Waals surface area contributed by atoms with E-state index >= 15 is 0 Å². The molecule has 2 heteroatoms. The predicted octanol–water partition coefficient (Wildman–Crippen LogP) is 6.30. The number of ether oxygens (including phenoxy) is 1. The van der Waals surface area contributed by atoms with Crippen molar-refractivity contribution in [1.29, 1.82) is 0 Å². The molecular weight excluding hydrogens is 366 g/mol. The maximum absolute atomic E-state index is 7.07. The van der Waals surface area contributed by atoms with E-state index in [0.717, 1.165) is 30.9 Å². The minimum absolute atomic E-state index is 0.0482. The molecule has 5 saturated carbocycles. The fourth-order valence-corrected chi connectivity index (χ4v) is 9.79. The lowest BCUT2D eigenvalue weighted by atomic mass is 9.37. The molecule has 1 aromatic rings. The molecule has 1 heterocycles. The summed E-state index contributed by atoms with van der Waals surface area (Å²) in [4.78, 5) is 0. The molecule has 0 amide bonds. The molecule has 6 aliphatic rings. The third kappa shape index (κ3) is 2.89. The number of rotatable bonds is 5. The van der Waals surface area contributed by atoms with E-state index in [2.05, 4.69) is 42.7 Å². The van der Waals surface area contributed by atoms with Crippen molar-refractivity contribution in [3.63, 3.8) is 0 Å². The van der Waals surface area contributed by atoms with Crippen LogP contribution in [0.5, 0.6) is 0 Å². The number of nitrogens with one attached hydrogen (secondary N) is 1. The summed E-state index contributed by atoms with van der Waals surface area (Å²) in [5, 5.41) is 3.45. The lowest BCUT2D eigenvalue weighted by Crippen LogP contribution is -2.61. The molecule has 1 aliphatic heterocycles. The Morgan fingerprint density at radius 1 is 0.933 bits per heavy atom. The zero-order valence-corrected chi connectivity index (χ0v) is 19.0. The van der Waals surface area contributed by atoms with Gasteiger partial charge in [-0.2, -0.15) is 0 Å². The monoisotopic (exact) mass is 407 g/mol. The summed E-state index contributed by atoms with van der Waals surface area (Å²) in [6, 6.07) is 11.5. The highest BCUT2D eigenvalue weighted by Gasteiger charge is 2.68. The number of benzene rings is 1. The molecule has 1 saturated heterocycles. The Balaban J connectivity index is 1.42. The molecular formula is C28H41NO. The van der Waals surface area contributed by atoms with Crippen molar-refractivity contribution >= 4 is 0 Å². The molecule has 0 radical (unpaired) electrons. The van der Waals surface area contributed by atoms with E-state index < -0.39 is 0 Å². The van der Waals surface area contributed by atoms with Crippen LogP contribution in [-0.2, 0) is 10.3 Å². The van der Waals surface area contributed by atoms with Gasteiger partial charge in [-0.3, -0.25) is 0 Å². The molecule has 7 rings (SSSR count). The predicted molar refractivity (Wildman–Crippen MR) is 122 cm³/mol. The van der Waals surface area contributed by atoms with Crippen LogP contribution in [0.1, 0.15) is 82.6 Å². The Labute approximate surface area is 183 Å². The summed E-state index contributed by atoms with van der Waals surface area (Å²) in [7, 11) is 2.10. The molecule has 0 spiro atoms. The van der Waals surface area contributed by atoms with Crippen LogP contribution >= 0.6 is 0 Å². The maximum atomic E-state index is 7.07. The summed E-state index contributed by atoms with van der Waals surface area (Å²) in [5.74, 6) is 3.56. The van der Waals surface area contributed by atoms with Crippen LogP contribution in [0, 0.1) is 34.5 Å². The summed E-state index contributed by atoms with van der Waals surface area (Å²) in [5.41, 5.74) is 2.45. The quantitative estimate of drug-likeness (QED) is 0.618. The van der Waals surface area contributed by atoms with Crippen LogP contribution in [0.3, 0.4) is 0 Å². The minimum Gasteiger partial charge on any atom is -0.369 e. The highest BCUT2D eigenvalue weighted by Crippen LogP contribution is 2.74. The lowest BCUT2D eigenvalue weighted by Gasteiger charge is -2.68. The van der Waals surface area contributed by atoms with Crippen molar-refractivity contribution in [3.8, 4) is 0 Å². The third-order valence-corrected chi connectivity index (χ3v) is 10.3. The first-order chi connectivity index (χ1) is 14.7. The lowest BCUT2D eigenvalue weighted by molar-refractivity contribution is -0.228. The van der Waals surface area contributed by atoms with Gasteiger partial charge < -0.3 is 10.1 Å². The van der Waals surface area contributed by atoms with E-state index in [1.807, 2.05) is 0 Å². The average Bonchev–Trinajstić information content (AvgIpc) is 3.20. The van der Waals surface area contributed by atoms with Gasteiger partial charge in [0.15, 0.2) is 0 Å². The second kappa shape index (κ2) is 7.34. The fourth-order valence-electron chi connectivity index (χ4n) is 9.79. The van der Waals surface area contributed by atoms with Crippen molar-refractivity contribution < 1.29 is 4.74 Å². The van der Waals surface area contributed by atoms with Gasteiger partial charge in [0.05, 0.1) is 12.2 Å². The number of hydrogen-bond donors (Lipinski definition) is 1. The average molecular weight is 408 g/mol. The van der Waals surface area contributed by atoms with Gasteiger partial charge in [-0.15, -0.1) is 0 Å². The molecule has 0 aromatic heterocycles. The Bertz CT molecular complexity index is 739.